The van der Waals surface area contributed by atoms with Crippen LogP contribution in [-0.4, -0.2) is 22.5 Å². The molecule has 0 fully saturated rings. The number of carbonyl (C=O) groups excluding carboxylic acids is 2. The van der Waals surface area contributed by atoms with Gasteiger partial charge in [-0.05, 0) is 56.7 Å². The van der Waals surface area contributed by atoms with Crippen LogP contribution in [-0.2, 0) is 22.5 Å². The molecule has 0 saturated carbocycles. The molecule has 1 aromatic heterocycles. The van der Waals surface area contributed by atoms with Crippen LogP contribution in [0.25, 0.3) is 10.2 Å². The third-order valence-electron chi connectivity index (χ3n) is 3.76. The molecule has 3 rings (SSSR count). The molecular formula is C21H21BrN2O3S. The summed E-state index contributed by atoms with van der Waals surface area (Å²) in [7, 11) is 0. The molecule has 1 N–H and O–H groups in total. The molecule has 2 aromatic carbocycles. The molecule has 1 heterocycles. The number of nitrogens with zero attached hydrogens (tertiary/aromatic N) is 1. The van der Waals surface area contributed by atoms with Crippen LogP contribution in [0.15, 0.2) is 46.9 Å². The van der Waals surface area contributed by atoms with Crippen molar-refractivity contribution < 1.29 is 14.3 Å². The van der Waals surface area contributed by atoms with E-state index in [9.17, 15) is 9.59 Å². The standard InChI is InChI=1S/C21H21BrN2O3S/c1-21(2,3)27-20(26)14-6-4-5-13(9-14)12-23-18(25)11-19-24-16-8-7-15(22)10-17(16)28-19/h4-10H,11-12H2,1-3H3,(H,23,25). The van der Waals surface area contributed by atoms with Gasteiger partial charge in [0.15, 0.2) is 0 Å². The maximum atomic E-state index is 12.3. The van der Waals surface area contributed by atoms with Crippen molar-refractivity contribution in [3.05, 3.63) is 63.1 Å². The lowest BCUT2D eigenvalue weighted by Crippen LogP contribution is -2.25. The molecule has 0 spiro atoms. The van der Waals surface area contributed by atoms with Crippen LogP contribution in [0, 0.1) is 0 Å². The number of benzene rings is 2. The fraction of sp³-hybridized carbons (Fsp3) is 0.286. The first-order valence-electron chi connectivity index (χ1n) is 8.83. The molecule has 0 unspecified atom stereocenters. The third-order valence-corrected chi connectivity index (χ3v) is 5.27. The normalized spacial score (nSPS) is 11.4. The first-order valence-corrected chi connectivity index (χ1v) is 10.4. The van der Waals surface area contributed by atoms with E-state index in [2.05, 4.69) is 26.2 Å². The summed E-state index contributed by atoms with van der Waals surface area (Å²) in [6.45, 7) is 5.83. The summed E-state index contributed by atoms with van der Waals surface area (Å²) in [5.74, 6) is -0.484. The van der Waals surface area contributed by atoms with E-state index < -0.39 is 5.60 Å². The second-order valence-electron chi connectivity index (χ2n) is 7.38. The highest BCUT2D eigenvalue weighted by atomic mass is 79.9. The summed E-state index contributed by atoms with van der Waals surface area (Å²) in [5, 5.41) is 3.66. The minimum absolute atomic E-state index is 0.110. The molecule has 0 atom stereocenters. The van der Waals surface area contributed by atoms with Gasteiger partial charge in [0.05, 0.1) is 22.2 Å². The third kappa shape index (κ3) is 5.62. The summed E-state index contributed by atoms with van der Waals surface area (Å²) in [6, 6.07) is 13.0. The number of carbonyl (C=O) groups is 2. The first kappa shape index (κ1) is 20.5. The Bertz CT molecular complexity index is 1020. The Labute approximate surface area is 176 Å². The number of esters is 1. The van der Waals surface area contributed by atoms with E-state index in [0.717, 1.165) is 25.3 Å². The predicted molar refractivity (Wildman–Crippen MR) is 114 cm³/mol. The van der Waals surface area contributed by atoms with E-state index in [-0.39, 0.29) is 18.3 Å². The summed E-state index contributed by atoms with van der Waals surface area (Å²) in [4.78, 5) is 29.0. The minimum atomic E-state index is -0.547. The largest absolute Gasteiger partial charge is 0.456 e. The van der Waals surface area contributed by atoms with Gasteiger partial charge in [-0.2, -0.15) is 0 Å². The van der Waals surface area contributed by atoms with E-state index in [0.29, 0.717) is 12.1 Å². The summed E-state index contributed by atoms with van der Waals surface area (Å²) >= 11 is 4.95. The zero-order valence-corrected chi connectivity index (χ0v) is 18.3. The molecule has 146 valence electrons. The van der Waals surface area contributed by atoms with Crippen LogP contribution in [0.3, 0.4) is 0 Å². The fourth-order valence-corrected chi connectivity index (χ4v) is 4.09. The van der Waals surface area contributed by atoms with Gasteiger partial charge in [-0.3, -0.25) is 4.79 Å². The monoisotopic (exact) mass is 460 g/mol. The summed E-state index contributed by atoms with van der Waals surface area (Å²) in [5.41, 5.74) is 1.65. The van der Waals surface area contributed by atoms with Gasteiger partial charge in [0.25, 0.3) is 0 Å². The van der Waals surface area contributed by atoms with Crippen molar-refractivity contribution in [2.75, 3.05) is 0 Å². The second kappa shape index (κ2) is 8.41. The molecule has 0 radical (unpaired) electrons. The molecule has 0 saturated heterocycles. The van der Waals surface area contributed by atoms with Crippen molar-refractivity contribution in [3.8, 4) is 0 Å². The number of hydrogen-bond donors (Lipinski definition) is 1. The van der Waals surface area contributed by atoms with Crippen LogP contribution >= 0.6 is 27.3 Å². The van der Waals surface area contributed by atoms with Gasteiger partial charge in [-0.15, -0.1) is 11.3 Å². The fourth-order valence-electron chi connectivity index (χ4n) is 2.57. The van der Waals surface area contributed by atoms with E-state index in [1.165, 1.54) is 11.3 Å². The molecule has 28 heavy (non-hydrogen) atoms. The van der Waals surface area contributed by atoms with E-state index >= 15 is 0 Å². The van der Waals surface area contributed by atoms with Crippen molar-refractivity contribution >= 4 is 49.4 Å². The number of aromatic nitrogens is 1. The zero-order valence-electron chi connectivity index (χ0n) is 15.9. The van der Waals surface area contributed by atoms with Crippen molar-refractivity contribution in [2.45, 2.75) is 39.3 Å². The SMILES string of the molecule is CC(C)(C)OC(=O)c1cccc(CNC(=O)Cc2nc3ccc(Br)cc3s2)c1. The number of ether oxygens (including phenoxy) is 1. The Kier molecular flexibility index (Phi) is 6.15. The van der Waals surface area contributed by atoms with E-state index in [4.69, 9.17) is 4.74 Å². The van der Waals surface area contributed by atoms with Crippen LogP contribution < -0.4 is 5.32 Å². The molecule has 0 aliphatic heterocycles. The number of rotatable bonds is 5. The topological polar surface area (TPSA) is 68.3 Å². The Morgan fingerprint density at radius 1 is 1.18 bits per heavy atom. The van der Waals surface area contributed by atoms with Crippen molar-refractivity contribution in [1.29, 1.82) is 0 Å². The van der Waals surface area contributed by atoms with Crippen molar-refractivity contribution in [3.63, 3.8) is 0 Å². The lowest BCUT2D eigenvalue weighted by molar-refractivity contribution is -0.120. The first-order chi connectivity index (χ1) is 13.2. The van der Waals surface area contributed by atoms with Crippen molar-refractivity contribution in [2.24, 2.45) is 0 Å². The Hall–Kier alpha value is -2.25. The number of nitrogens with one attached hydrogen (secondary N) is 1. The minimum Gasteiger partial charge on any atom is -0.456 e. The van der Waals surface area contributed by atoms with Gasteiger partial charge in [0, 0.05) is 11.0 Å². The van der Waals surface area contributed by atoms with Crippen LogP contribution in [0.1, 0.15) is 41.7 Å². The van der Waals surface area contributed by atoms with Crippen LogP contribution in [0.4, 0.5) is 0 Å². The molecule has 1 amide bonds. The lowest BCUT2D eigenvalue weighted by atomic mass is 10.1. The van der Waals surface area contributed by atoms with Crippen LogP contribution in [0.5, 0.6) is 0 Å². The van der Waals surface area contributed by atoms with Gasteiger partial charge in [0.2, 0.25) is 5.91 Å². The Balaban J connectivity index is 1.59. The van der Waals surface area contributed by atoms with Gasteiger partial charge < -0.3 is 10.1 Å². The smallest absolute Gasteiger partial charge is 0.338 e. The summed E-state index contributed by atoms with van der Waals surface area (Å²) < 4.78 is 7.42. The molecule has 5 nitrogen and oxygen atoms in total. The molecule has 7 heteroatoms. The quantitative estimate of drug-likeness (QED) is 0.551. The van der Waals surface area contributed by atoms with Crippen LogP contribution in [0.2, 0.25) is 0 Å². The van der Waals surface area contributed by atoms with Gasteiger partial charge in [-0.25, -0.2) is 9.78 Å². The maximum absolute atomic E-state index is 12.3. The van der Waals surface area contributed by atoms with E-state index in [1.54, 1.807) is 18.2 Å². The molecule has 0 aliphatic rings. The predicted octanol–water partition coefficient (Wildman–Crippen LogP) is 4.87. The molecule has 3 aromatic rings. The average molecular weight is 461 g/mol. The molecular weight excluding hydrogens is 440 g/mol. The van der Waals surface area contributed by atoms with Gasteiger partial charge in [-0.1, -0.05) is 28.1 Å². The zero-order chi connectivity index (χ0) is 20.3. The van der Waals surface area contributed by atoms with E-state index in [1.807, 2.05) is 45.0 Å². The highest BCUT2D eigenvalue weighted by Gasteiger charge is 2.18. The second-order valence-corrected chi connectivity index (χ2v) is 9.41. The number of thiazole rings is 1. The maximum Gasteiger partial charge on any atom is 0.338 e. The molecule has 0 bridgehead atoms. The Morgan fingerprint density at radius 2 is 1.96 bits per heavy atom. The summed E-state index contributed by atoms with van der Waals surface area (Å²) in [6.07, 6.45) is 0.225. The number of amides is 1. The average Bonchev–Trinajstić information content (AvgIpc) is 3.00. The number of halogens is 1. The lowest BCUT2D eigenvalue weighted by Gasteiger charge is -2.19. The number of fused-ring (bicyclic) bond motifs is 1. The highest BCUT2D eigenvalue weighted by molar-refractivity contribution is 9.10. The number of hydrogen-bond acceptors (Lipinski definition) is 5. The van der Waals surface area contributed by atoms with Gasteiger partial charge >= 0.3 is 5.97 Å². The Morgan fingerprint density at radius 3 is 2.71 bits per heavy atom. The highest BCUT2D eigenvalue weighted by Crippen LogP contribution is 2.25. The van der Waals surface area contributed by atoms with Gasteiger partial charge in [0.1, 0.15) is 10.6 Å². The van der Waals surface area contributed by atoms with Crippen molar-refractivity contribution in [1.82, 2.24) is 10.3 Å². The molecule has 0 aliphatic carbocycles.